The van der Waals surface area contributed by atoms with Gasteiger partial charge < -0.3 is 5.11 Å². The maximum atomic E-state index is 11.1. The van der Waals surface area contributed by atoms with Gasteiger partial charge in [0.05, 0.1) is 0 Å². The lowest BCUT2D eigenvalue weighted by Crippen LogP contribution is -2.64. The summed E-state index contributed by atoms with van der Waals surface area (Å²) in [6, 6.07) is 0. The Labute approximate surface area is 82.5 Å². The molecule has 0 unspecified atom stereocenters. The summed E-state index contributed by atoms with van der Waals surface area (Å²) in [4.78, 5) is 13.3. The highest BCUT2D eigenvalue weighted by molar-refractivity contribution is 8.01. The average molecular weight is 201 g/mol. The van der Waals surface area contributed by atoms with E-state index in [0.29, 0.717) is 0 Å². The summed E-state index contributed by atoms with van der Waals surface area (Å²) in [6.07, 6.45) is 3.60. The summed E-state index contributed by atoms with van der Waals surface area (Å²) in [7, 11) is 0. The molecule has 74 valence electrons. The number of likely N-dealkylation sites (tertiary alicyclic amines) is 1. The van der Waals surface area contributed by atoms with Crippen LogP contribution in [0.4, 0.5) is 0 Å². The van der Waals surface area contributed by atoms with Crippen molar-refractivity contribution in [1.82, 2.24) is 4.90 Å². The topological polar surface area (TPSA) is 40.5 Å². The lowest BCUT2D eigenvalue weighted by atomic mass is 9.97. The van der Waals surface area contributed by atoms with Crippen LogP contribution in [0.3, 0.4) is 0 Å². The highest BCUT2D eigenvalue weighted by Crippen LogP contribution is 2.36. The SMILES string of the molecule is O=C(O)C1(N2CCCCC2)CSC1. The molecular formula is C9H15NO2S. The lowest BCUT2D eigenvalue weighted by Gasteiger charge is -2.47. The number of hydrogen-bond donors (Lipinski definition) is 1. The summed E-state index contributed by atoms with van der Waals surface area (Å²) in [6.45, 7) is 1.96. The highest BCUT2D eigenvalue weighted by Gasteiger charge is 2.50. The number of carboxylic acid groups (broad SMARTS) is 1. The predicted octanol–water partition coefficient (Wildman–Crippen LogP) is 1.04. The van der Waals surface area contributed by atoms with Crippen LogP contribution in [0, 0.1) is 0 Å². The van der Waals surface area contributed by atoms with E-state index in [0.717, 1.165) is 24.6 Å². The van der Waals surface area contributed by atoms with Crippen molar-refractivity contribution in [2.24, 2.45) is 0 Å². The minimum absolute atomic E-state index is 0.495. The van der Waals surface area contributed by atoms with E-state index in [4.69, 9.17) is 0 Å². The molecule has 0 bridgehead atoms. The number of carboxylic acids is 1. The monoisotopic (exact) mass is 201 g/mol. The summed E-state index contributed by atoms with van der Waals surface area (Å²) in [5.74, 6) is 0.943. The molecule has 0 spiro atoms. The minimum Gasteiger partial charge on any atom is -0.480 e. The van der Waals surface area contributed by atoms with Gasteiger partial charge in [-0.1, -0.05) is 6.42 Å². The van der Waals surface area contributed by atoms with Crippen molar-refractivity contribution < 1.29 is 9.90 Å². The molecule has 2 aliphatic heterocycles. The van der Waals surface area contributed by atoms with E-state index in [2.05, 4.69) is 4.90 Å². The molecule has 2 rings (SSSR count). The molecule has 0 amide bonds. The fraction of sp³-hybridized carbons (Fsp3) is 0.889. The van der Waals surface area contributed by atoms with Gasteiger partial charge in [0.2, 0.25) is 0 Å². The molecule has 2 fully saturated rings. The Morgan fingerprint density at radius 2 is 1.85 bits per heavy atom. The van der Waals surface area contributed by atoms with Crippen molar-refractivity contribution in [2.75, 3.05) is 24.6 Å². The molecule has 0 aliphatic carbocycles. The van der Waals surface area contributed by atoms with Crippen molar-refractivity contribution in [3.05, 3.63) is 0 Å². The molecule has 1 N–H and O–H groups in total. The van der Waals surface area contributed by atoms with E-state index >= 15 is 0 Å². The Hall–Kier alpha value is -0.220. The van der Waals surface area contributed by atoms with Gasteiger partial charge in [-0.25, -0.2) is 0 Å². The van der Waals surface area contributed by atoms with Gasteiger partial charge >= 0.3 is 5.97 Å². The Balaban J connectivity index is 2.06. The van der Waals surface area contributed by atoms with E-state index in [1.54, 1.807) is 11.8 Å². The first-order valence-corrected chi connectivity index (χ1v) is 5.97. The number of hydrogen-bond acceptors (Lipinski definition) is 3. The third-order valence-electron chi connectivity index (χ3n) is 3.04. The van der Waals surface area contributed by atoms with E-state index < -0.39 is 11.5 Å². The molecular weight excluding hydrogens is 186 g/mol. The molecule has 0 radical (unpaired) electrons. The second kappa shape index (κ2) is 3.50. The van der Waals surface area contributed by atoms with Gasteiger partial charge in [0.15, 0.2) is 0 Å². The lowest BCUT2D eigenvalue weighted by molar-refractivity contribution is -0.150. The molecule has 0 atom stereocenters. The van der Waals surface area contributed by atoms with Crippen molar-refractivity contribution >= 4 is 17.7 Å². The Morgan fingerprint density at radius 1 is 1.23 bits per heavy atom. The summed E-state index contributed by atoms with van der Waals surface area (Å²) in [5.41, 5.74) is -0.495. The maximum Gasteiger partial charge on any atom is 0.325 e. The van der Waals surface area contributed by atoms with Crippen LogP contribution in [0.5, 0.6) is 0 Å². The zero-order valence-electron chi connectivity index (χ0n) is 7.66. The average Bonchev–Trinajstić information content (AvgIpc) is 2.03. The molecule has 0 aromatic carbocycles. The van der Waals surface area contributed by atoms with Gasteiger partial charge in [0, 0.05) is 11.5 Å². The van der Waals surface area contributed by atoms with Crippen LogP contribution < -0.4 is 0 Å². The van der Waals surface area contributed by atoms with Crippen LogP contribution in [-0.2, 0) is 4.79 Å². The first kappa shape index (κ1) is 9.34. The van der Waals surface area contributed by atoms with Gasteiger partial charge in [-0.05, 0) is 25.9 Å². The van der Waals surface area contributed by atoms with E-state index in [1.165, 1.54) is 19.3 Å². The Kier molecular flexibility index (Phi) is 2.51. The maximum absolute atomic E-state index is 11.1. The third-order valence-corrected chi connectivity index (χ3v) is 4.40. The van der Waals surface area contributed by atoms with E-state index in [1.807, 2.05) is 0 Å². The molecule has 2 saturated heterocycles. The second-order valence-electron chi connectivity index (χ2n) is 3.88. The van der Waals surface area contributed by atoms with E-state index in [9.17, 15) is 9.90 Å². The number of nitrogens with zero attached hydrogens (tertiary/aromatic N) is 1. The number of rotatable bonds is 2. The normalized spacial score (nSPS) is 28.0. The standard InChI is InChI=1S/C9H15NO2S/c11-8(12)9(6-13-7-9)10-4-2-1-3-5-10/h1-7H2,(H,11,12). The Bertz CT molecular complexity index is 210. The summed E-state index contributed by atoms with van der Waals surface area (Å²) in [5, 5.41) is 9.18. The van der Waals surface area contributed by atoms with Crippen molar-refractivity contribution in [1.29, 1.82) is 0 Å². The number of thioether (sulfide) groups is 1. The molecule has 4 heteroatoms. The molecule has 0 aromatic heterocycles. The van der Waals surface area contributed by atoms with Crippen molar-refractivity contribution in [3.63, 3.8) is 0 Å². The van der Waals surface area contributed by atoms with Gasteiger partial charge in [-0.15, -0.1) is 0 Å². The fourth-order valence-corrected chi connectivity index (χ4v) is 3.26. The number of aliphatic carboxylic acids is 1. The predicted molar refractivity (Wildman–Crippen MR) is 53.1 cm³/mol. The van der Waals surface area contributed by atoms with Crippen LogP contribution in [0.1, 0.15) is 19.3 Å². The Morgan fingerprint density at radius 3 is 2.23 bits per heavy atom. The zero-order chi connectivity index (χ0) is 9.31. The second-order valence-corrected chi connectivity index (χ2v) is 4.86. The van der Waals surface area contributed by atoms with Gasteiger partial charge in [-0.3, -0.25) is 9.69 Å². The largest absolute Gasteiger partial charge is 0.480 e. The first-order valence-electron chi connectivity index (χ1n) is 4.82. The molecule has 3 nitrogen and oxygen atoms in total. The van der Waals surface area contributed by atoms with Crippen LogP contribution in [-0.4, -0.2) is 46.1 Å². The molecule has 2 heterocycles. The van der Waals surface area contributed by atoms with Gasteiger partial charge in [-0.2, -0.15) is 11.8 Å². The molecule has 13 heavy (non-hydrogen) atoms. The van der Waals surface area contributed by atoms with Gasteiger partial charge in [0.25, 0.3) is 0 Å². The number of piperidine rings is 1. The quantitative estimate of drug-likeness (QED) is 0.725. The number of carbonyl (C=O) groups is 1. The molecule has 0 saturated carbocycles. The van der Waals surface area contributed by atoms with Crippen molar-refractivity contribution in [3.8, 4) is 0 Å². The smallest absolute Gasteiger partial charge is 0.325 e. The first-order chi connectivity index (χ1) is 6.26. The van der Waals surface area contributed by atoms with Crippen molar-refractivity contribution in [2.45, 2.75) is 24.8 Å². The molecule has 2 aliphatic rings. The highest BCUT2D eigenvalue weighted by atomic mass is 32.2. The minimum atomic E-state index is -0.617. The third kappa shape index (κ3) is 1.46. The molecule has 0 aromatic rings. The van der Waals surface area contributed by atoms with Crippen LogP contribution in [0.15, 0.2) is 0 Å². The summed E-state index contributed by atoms with van der Waals surface area (Å²) < 4.78 is 0. The fourth-order valence-electron chi connectivity index (χ4n) is 2.06. The van der Waals surface area contributed by atoms with E-state index in [-0.39, 0.29) is 0 Å². The van der Waals surface area contributed by atoms with Crippen LogP contribution >= 0.6 is 11.8 Å². The zero-order valence-corrected chi connectivity index (χ0v) is 8.48. The van der Waals surface area contributed by atoms with Crippen LogP contribution in [0.25, 0.3) is 0 Å². The summed E-state index contributed by atoms with van der Waals surface area (Å²) >= 11 is 1.74. The van der Waals surface area contributed by atoms with Crippen LogP contribution in [0.2, 0.25) is 0 Å². The van der Waals surface area contributed by atoms with Gasteiger partial charge in [0.1, 0.15) is 5.54 Å².